The van der Waals surface area contributed by atoms with Crippen LogP contribution in [0.2, 0.25) is 0 Å². The molecule has 0 radical (unpaired) electrons. The van der Waals surface area contributed by atoms with Gasteiger partial charge in [-0.3, -0.25) is 0 Å². The molecule has 0 spiro atoms. The fourth-order valence-electron chi connectivity index (χ4n) is 3.39. The van der Waals surface area contributed by atoms with Crippen LogP contribution in [0.15, 0.2) is 60.7 Å². The van der Waals surface area contributed by atoms with Gasteiger partial charge in [0.15, 0.2) is 0 Å². The van der Waals surface area contributed by atoms with Crippen LogP contribution < -0.4 is 10.6 Å². The van der Waals surface area contributed by atoms with Crippen molar-refractivity contribution in [1.29, 1.82) is 0 Å². The van der Waals surface area contributed by atoms with E-state index in [4.69, 9.17) is 0 Å². The molecule has 2 aromatic rings. The fourth-order valence-corrected chi connectivity index (χ4v) is 8.80. The number of carbonyl (C=O) groups is 1. The van der Waals surface area contributed by atoms with Gasteiger partial charge in [-0.2, -0.15) is 0 Å². The van der Waals surface area contributed by atoms with Crippen molar-refractivity contribution in [3.8, 4) is 0 Å². The van der Waals surface area contributed by atoms with Crippen LogP contribution in [0.3, 0.4) is 0 Å². The Balaban J connectivity index is 2.80. The van der Waals surface area contributed by atoms with Crippen molar-refractivity contribution in [1.82, 2.24) is 0 Å². The van der Waals surface area contributed by atoms with E-state index >= 15 is 0 Å². The second-order valence-electron chi connectivity index (χ2n) is 5.38. The molecule has 0 heterocycles. The van der Waals surface area contributed by atoms with Gasteiger partial charge < -0.3 is 0 Å². The van der Waals surface area contributed by atoms with E-state index in [1.807, 2.05) is 12.1 Å². The van der Waals surface area contributed by atoms with Crippen molar-refractivity contribution in [3.63, 3.8) is 0 Å². The normalized spacial score (nSPS) is 13.4. The predicted octanol–water partition coefficient (Wildman–Crippen LogP) is 3.43. The molecule has 0 saturated carbocycles. The zero-order valence-electron chi connectivity index (χ0n) is 12.3. The summed E-state index contributed by atoms with van der Waals surface area (Å²) in [6.07, 6.45) is 3.85. The number of benzene rings is 2. The molecule has 1 nitrogen and oxygen atoms in total. The van der Waals surface area contributed by atoms with Crippen molar-refractivity contribution in [2.45, 2.75) is 13.8 Å². The summed E-state index contributed by atoms with van der Waals surface area (Å²) in [6, 6.07) is 21.3. The van der Waals surface area contributed by atoms with Gasteiger partial charge >= 0.3 is 121 Å². The van der Waals surface area contributed by atoms with E-state index in [1.54, 1.807) is 0 Å². The molecule has 2 heteroatoms. The third kappa shape index (κ3) is 2.11. The Morgan fingerprint density at radius 3 is 1.50 bits per heavy atom. The molecule has 0 bridgehead atoms. The molecule has 0 amide bonds. The Hall–Kier alpha value is -1.46. The molecule has 0 aliphatic carbocycles. The van der Waals surface area contributed by atoms with E-state index in [1.165, 1.54) is 10.6 Å². The number of rotatable bonds is 6. The van der Waals surface area contributed by atoms with Gasteiger partial charge in [-0.25, -0.2) is 0 Å². The topological polar surface area (TPSA) is 17.1 Å². The van der Waals surface area contributed by atoms with E-state index in [0.717, 1.165) is 18.6 Å². The molecule has 0 unspecified atom stereocenters. The SMILES string of the molecule is CCP(CC)(CC=O)(c1ccccc1)c1ccccc1. The van der Waals surface area contributed by atoms with Crippen LogP contribution in [0.4, 0.5) is 0 Å². The summed E-state index contributed by atoms with van der Waals surface area (Å²) in [4.78, 5) is 11.5. The van der Waals surface area contributed by atoms with Gasteiger partial charge in [-0.15, -0.1) is 0 Å². The fraction of sp³-hybridized carbons (Fsp3) is 0.278. The maximum absolute atomic E-state index is 11.5. The van der Waals surface area contributed by atoms with Crippen molar-refractivity contribution < 1.29 is 4.79 Å². The maximum atomic E-state index is 11.5. The summed E-state index contributed by atoms with van der Waals surface area (Å²) in [5.41, 5.74) is 0. The summed E-state index contributed by atoms with van der Waals surface area (Å²) in [7, 11) is 0. The number of hydrogen-bond donors (Lipinski definition) is 0. The summed E-state index contributed by atoms with van der Waals surface area (Å²) in [6.45, 7) is 2.07. The first kappa shape index (κ1) is 14.9. The number of carbonyl (C=O) groups excluding carboxylic acids is 1. The first-order valence-electron chi connectivity index (χ1n) is 7.28. The standard InChI is InChI=1S/C18H23OP/c1-3-20(4-2,16-15-19,17-11-7-5-8-12-17)18-13-9-6-10-14-18/h5-15H,3-4,16H2,1-2H3. The predicted molar refractivity (Wildman–Crippen MR) is 91.1 cm³/mol. The van der Waals surface area contributed by atoms with Crippen molar-refractivity contribution in [2.24, 2.45) is 0 Å². The Labute approximate surface area is 122 Å². The molecule has 0 aliphatic rings. The van der Waals surface area contributed by atoms with Crippen molar-refractivity contribution in [3.05, 3.63) is 60.7 Å². The third-order valence-corrected chi connectivity index (χ3v) is 12.3. The second-order valence-corrected chi connectivity index (χ2v) is 11.5. The van der Waals surface area contributed by atoms with Gasteiger partial charge in [0, 0.05) is 0 Å². The van der Waals surface area contributed by atoms with Crippen molar-refractivity contribution >= 4 is 23.5 Å². The van der Waals surface area contributed by atoms with Gasteiger partial charge in [0.25, 0.3) is 0 Å². The molecular weight excluding hydrogens is 263 g/mol. The molecule has 0 saturated heterocycles. The third-order valence-electron chi connectivity index (χ3n) is 4.91. The zero-order valence-corrected chi connectivity index (χ0v) is 13.2. The van der Waals surface area contributed by atoms with Gasteiger partial charge in [0.05, 0.1) is 0 Å². The van der Waals surface area contributed by atoms with Gasteiger partial charge in [0.1, 0.15) is 0 Å². The Morgan fingerprint density at radius 1 is 0.800 bits per heavy atom. The van der Waals surface area contributed by atoms with E-state index < -0.39 is 6.60 Å². The molecule has 0 atom stereocenters. The minimum absolute atomic E-state index is 0.645. The molecule has 0 N–H and O–H groups in total. The number of aldehydes is 1. The van der Waals surface area contributed by atoms with E-state index in [9.17, 15) is 4.79 Å². The van der Waals surface area contributed by atoms with Gasteiger partial charge in [-0.1, -0.05) is 0 Å². The van der Waals surface area contributed by atoms with Crippen molar-refractivity contribution in [2.75, 3.05) is 18.5 Å². The second kappa shape index (κ2) is 5.89. The van der Waals surface area contributed by atoms with E-state index in [0.29, 0.717) is 6.16 Å². The minimum atomic E-state index is -2.41. The monoisotopic (exact) mass is 286 g/mol. The Kier molecular flexibility index (Phi) is 4.40. The van der Waals surface area contributed by atoms with Crippen LogP contribution in [0.25, 0.3) is 0 Å². The van der Waals surface area contributed by atoms with Gasteiger partial charge in [-0.05, 0) is 0 Å². The Morgan fingerprint density at radius 2 is 1.20 bits per heavy atom. The Bertz CT molecular complexity index is 515. The van der Waals surface area contributed by atoms with Crippen LogP contribution in [0.1, 0.15) is 13.8 Å². The molecule has 0 aliphatic heterocycles. The van der Waals surface area contributed by atoms with E-state index in [-0.39, 0.29) is 0 Å². The molecule has 2 aromatic carbocycles. The van der Waals surface area contributed by atoms with Crippen LogP contribution in [-0.4, -0.2) is 24.8 Å². The summed E-state index contributed by atoms with van der Waals surface area (Å²) in [5.74, 6) is 0. The zero-order chi connectivity index (χ0) is 14.5. The molecule has 2 rings (SSSR count). The van der Waals surface area contributed by atoms with Gasteiger partial charge in [0.2, 0.25) is 0 Å². The molecule has 0 aromatic heterocycles. The first-order chi connectivity index (χ1) is 9.72. The summed E-state index contributed by atoms with van der Waals surface area (Å²) >= 11 is 0. The molecule has 0 fully saturated rings. The van der Waals surface area contributed by atoms with Crippen LogP contribution in [0.5, 0.6) is 0 Å². The summed E-state index contributed by atoms with van der Waals surface area (Å²) in [5, 5.41) is 2.73. The summed E-state index contributed by atoms with van der Waals surface area (Å²) < 4.78 is 0. The van der Waals surface area contributed by atoms with E-state index in [2.05, 4.69) is 62.4 Å². The van der Waals surface area contributed by atoms with Crippen LogP contribution >= 0.6 is 6.60 Å². The van der Waals surface area contributed by atoms with Crippen LogP contribution in [-0.2, 0) is 4.79 Å². The number of hydrogen-bond acceptors (Lipinski definition) is 1. The first-order valence-corrected chi connectivity index (χ1v) is 10.1. The molecule has 20 heavy (non-hydrogen) atoms. The van der Waals surface area contributed by atoms with Crippen LogP contribution in [0, 0.1) is 0 Å². The molecular formula is C18H23OP. The average Bonchev–Trinajstić information content (AvgIpc) is 2.55. The molecule has 106 valence electrons. The average molecular weight is 286 g/mol. The quantitative estimate of drug-likeness (QED) is 0.587.